The van der Waals surface area contributed by atoms with Crippen LogP contribution in [0.2, 0.25) is 0 Å². The highest BCUT2D eigenvalue weighted by Gasteiger charge is 2.22. The van der Waals surface area contributed by atoms with Crippen LogP contribution >= 0.6 is 0 Å². The Kier molecular flexibility index (Phi) is 19.7. The summed E-state index contributed by atoms with van der Waals surface area (Å²) in [6.45, 7) is 20.1. The van der Waals surface area contributed by atoms with Gasteiger partial charge in [0, 0.05) is 68.7 Å². The third-order valence-corrected chi connectivity index (χ3v) is 9.44. The Morgan fingerprint density at radius 2 is 1.15 bits per heavy atom. The van der Waals surface area contributed by atoms with E-state index in [4.69, 9.17) is 18.9 Å². The molecule has 3 aromatic rings. The van der Waals surface area contributed by atoms with E-state index < -0.39 is 36.0 Å². The summed E-state index contributed by atoms with van der Waals surface area (Å²) in [4.78, 5) is 54.0. The van der Waals surface area contributed by atoms with E-state index >= 15 is 0 Å². The molecule has 3 heterocycles. The fourth-order valence-corrected chi connectivity index (χ4v) is 5.92. The summed E-state index contributed by atoms with van der Waals surface area (Å²) < 4.78 is 24.9. The van der Waals surface area contributed by atoms with Gasteiger partial charge in [-0.3, -0.25) is 23.9 Å². The van der Waals surface area contributed by atoms with Crippen molar-refractivity contribution in [1.29, 1.82) is 0 Å². The van der Waals surface area contributed by atoms with E-state index in [0.717, 1.165) is 25.7 Å². The summed E-state index contributed by atoms with van der Waals surface area (Å²) in [5.74, 6) is -2.26. The number of esters is 2. The van der Waals surface area contributed by atoms with Crippen LogP contribution < -0.4 is 10.6 Å². The first-order valence-corrected chi connectivity index (χ1v) is 20.9. The van der Waals surface area contributed by atoms with E-state index in [1.165, 1.54) is 6.20 Å². The number of hydrogen-bond acceptors (Lipinski definition) is 14. The van der Waals surface area contributed by atoms with E-state index in [-0.39, 0.29) is 42.6 Å². The second-order valence-corrected chi connectivity index (χ2v) is 17.7. The number of nitrogens with zero attached hydrogens (tertiary/aromatic N) is 7. The lowest BCUT2D eigenvalue weighted by atomic mass is 9.91. The fourth-order valence-electron chi connectivity index (χ4n) is 5.92. The molecule has 0 saturated heterocycles. The molecule has 0 aliphatic carbocycles. The molecule has 0 fully saturated rings. The second kappa shape index (κ2) is 24.1. The zero-order chi connectivity index (χ0) is 44.3. The molecule has 2 atom stereocenters. The quantitative estimate of drug-likeness (QED) is 0.0534. The average Bonchev–Trinajstić information content (AvgIpc) is 3.83. The molecular weight excluding hydrogens is 775 g/mol. The van der Waals surface area contributed by atoms with Crippen molar-refractivity contribution in [3.63, 3.8) is 0 Å². The van der Waals surface area contributed by atoms with Crippen molar-refractivity contribution in [3.8, 4) is 5.75 Å². The summed E-state index contributed by atoms with van der Waals surface area (Å²) in [7, 11) is 0. The van der Waals surface area contributed by atoms with Gasteiger partial charge < -0.3 is 34.7 Å². The molecule has 0 saturated carbocycles. The third-order valence-electron chi connectivity index (χ3n) is 9.44. The SMILES string of the molecule is Cc1ncc(COC(=O)C(C)Cc2cn(CCCNC(=O)OCCCC(C)(C)C)nn2)c(COC(=O)C(C)Cc2cn(CCCNC(=O)OCCCC(C)(C)C)nn2)c1O. The monoisotopic (exact) mass is 842 g/mol. The molecule has 0 spiro atoms. The molecule has 0 radical (unpaired) electrons. The lowest BCUT2D eigenvalue weighted by Gasteiger charge is -2.17. The van der Waals surface area contributed by atoms with Crippen molar-refractivity contribution in [3.05, 3.63) is 46.8 Å². The number of aryl methyl sites for hydroxylation is 3. The zero-order valence-corrected chi connectivity index (χ0v) is 37.0. The molecule has 0 bridgehead atoms. The maximum absolute atomic E-state index is 13.0. The highest BCUT2D eigenvalue weighted by molar-refractivity contribution is 5.73. The Labute approximate surface area is 353 Å². The summed E-state index contributed by atoms with van der Waals surface area (Å²) in [6, 6.07) is 0. The molecular formula is C42H67N9O9. The van der Waals surface area contributed by atoms with Gasteiger partial charge in [-0.05, 0) is 56.3 Å². The molecule has 3 aromatic heterocycles. The van der Waals surface area contributed by atoms with Crippen LogP contribution in [0.25, 0.3) is 0 Å². The number of aromatic nitrogens is 7. The van der Waals surface area contributed by atoms with E-state index in [1.54, 1.807) is 42.5 Å². The second-order valence-electron chi connectivity index (χ2n) is 17.7. The predicted molar refractivity (Wildman–Crippen MR) is 221 cm³/mol. The summed E-state index contributed by atoms with van der Waals surface area (Å²) >= 11 is 0. The summed E-state index contributed by atoms with van der Waals surface area (Å²) in [5.41, 5.74) is 2.64. The molecule has 2 amide bonds. The van der Waals surface area contributed by atoms with Crippen molar-refractivity contribution in [2.45, 2.75) is 140 Å². The van der Waals surface area contributed by atoms with Crippen LogP contribution in [0.5, 0.6) is 5.75 Å². The number of amides is 2. The first kappa shape index (κ1) is 49.1. The molecule has 0 aliphatic heterocycles. The molecule has 2 unspecified atom stereocenters. The van der Waals surface area contributed by atoms with Gasteiger partial charge in [-0.1, -0.05) is 65.8 Å². The predicted octanol–water partition coefficient (Wildman–Crippen LogP) is 6.01. The minimum atomic E-state index is -0.566. The van der Waals surface area contributed by atoms with Gasteiger partial charge in [-0.15, -0.1) is 10.2 Å². The summed E-state index contributed by atoms with van der Waals surface area (Å²) in [5, 5.41) is 32.9. The molecule has 0 aliphatic rings. The Balaban J connectivity index is 1.38. The lowest BCUT2D eigenvalue weighted by molar-refractivity contribution is -0.151. The van der Waals surface area contributed by atoms with Crippen molar-refractivity contribution in [2.24, 2.45) is 22.7 Å². The van der Waals surface area contributed by atoms with E-state index in [1.807, 2.05) is 0 Å². The number of ether oxygens (including phenoxy) is 4. The zero-order valence-electron chi connectivity index (χ0n) is 37.0. The van der Waals surface area contributed by atoms with Gasteiger partial charge in [-0.25, -0.2) is 9.59 Å². The highest BCUT2D eigenvalue weighted by Crippen LogP contribution is 2.26. The van der Waals surface area contributed by atoms with Gasteiger partial charge in [-0.2, -0.15) is 0 Å². The maximum Gasteiger partial charge on any atom is 0.407 e. The van der Waals surface area contributed by atoms with Crippen molar-refractivity contribution in [1.82, 2.24) is 45.6 Å². The lowest BCUT2D eigenvalue weighted by Crippen LogP contribution is -2.26. The molecule has 18 nitrogen and oxygen atoms in total. The van der Waals surface area contributed by atoms with Gasteiger partial charge in [0.15, 0.2) is 0 Å². The topological polar surface area (TPSA) is 224 Å². The summed E-state index contributed by atoms with van der Waals surface area (Å²) in [6.07, 6.45) is 9.47. The fraction of sp³-hybridized carbons (Fsp3) is 0.690. The molecule has 60 heavy (non-hydrogen) atoms. The minimum Gasteiger partial charge on any atom is -0.506 e. The van der Waals surface area contributed by atoms with Crippen molar-refractivity contribution in [2.75, 3.05) is 26.3 Å². The number of nitrogens with one attached hydrogen (secondary N) is 2. The molecule has 3 rings (SSSR count). The normalized spacial score (nSPS) is 12.7. The van der Waals surface area contributed by atoms with Gasteiger partial charge in [0.05, 0.1) is 42.1 Å². The number of aromatic hydroxyl groups is 1. The third kappa shape index (κ3) is 19.2. The van der Waals surface area contributed by atoms with Crippen LogP contribution in [0.15, 0.2) is 18.6 Å². The average molecular weight is 842 g/mol. The number of rotatable bonds is 24. The Morgan fingerprint density at radius 3 is 1.60 bits per heavy atom. The van der Waals surface area contributed by atoms with Crippen LogP contribution in [0, 0.1) is 29.6 Å². The number of carbonyl (C=O) groups excluding carboxylic acids is 4. The molecule has 0 aromatic carbocycles. The first-order chi connectivity index (χ1) is 28.3. The van der Waals surface area contributed by atoms with Gasteiger partial charge >= 0.3 is 24.1 Å². The number of alkyl carbamates (subject to hydrolysis) is 2. The van der Waals surface area contributed by atoms with Gasteiger partial charge in [0.2, 0.25) is 0 Å². The van der Waals surface area contributed by atoms with E-state index in [2.05, 4.69) is 77.8 Å². The standard InChI is InChI=1S/C42H67N9O9/c1-29(22-33-25-50(48-46-33)18-12-16-43-39(55)57-20-10-14-41(4,5)6)37(53)59-27-32-24-45-31(3)36(52)35(32)28-60-38(54)30(2)23-34-26-51(49-47-34)19-13-17-44-40(56)58-21-11-15-42(7,8)9/h24-26,29-30,52H,10-23,27-28H2,1-9H3,(H,43,55)(H,44,56). The first-order valence-electron chi connectivity index (χ1n) is 20.9. The Hall–Kier alpha value is -5.29. The van der Waals surface area contributed by atoms with Gasteiger partial charge in [0.1, 0.15) is 19.0 Å². The van der Waals surface area contributed by atoms with Crippen molar-refractivity contribution >= 4 is 24.1 Å². The van der Waals surface area contributed by atoms with Crippen LogP contribution in [0.1, 0.15) is 122 Å². The van der Waals surface area contributed by atoms with E-state index in [9.17, 15) is 24.3 Å². The smallest absolute Gasteiger partial charge is 0.407 e. The largest absolute Gasteiger partial charge is 0.506 e. The number of hydrogen-bond donors (Lipinski definition) is 3. The molecule has 3 N–H and O–H groups in total. The van der Waals surface area contributed by atoms with E-state index in [0.29, 0.717) is 80.4 Å². The Morgan fingerprint density at radius 1 is 0.700 bits per heavy atom. The van der Waals surface area contributed by atoms with Crippen LogP contribution in [0.4, 0.5) is 9.59 Å². The number of pyridine rings is 1. The minimum absolute atomic E-state index is 0.150. The molecule has 334 valence electrons. The molecule has 18 heteroatoms. The maximum atomic E-state index is 13.0. The highest BCUT2D eigenvalue weighted by atomic mass is 16.6. The van der Waals surface area contributed by atoms with Crippen LogP contribution in [-0.2, 0) is 67.7 Å². The van der Waals surface area contributed by atoms with Crippen LogP contribution in [0.3, 0.4) is 0 Å². The van der Waals surface area contributed by atoms with Crippen molar-refractivity contribution < 1.29 is 43.2 Å². The van der Waals surface area contributed by atoms with Gasteiger partial charge in [0.25, 0.3) is 0 Å². The Bertz CT molecular complexity index is 1810. The van der Waals surface area contributed by atoms with Crippen LogP contribution in [-0.4, -0.2) is 90.5 Å². The number of carbonyl (C=O) groups is 4.